The van der Waals surface area contributed by atoms with Gasteiger partial charge in [0.1, 0.15) is 5.75 Å². The fourth-order valence-electron chi connectivity index (χ4n) is 2.51. The van der Waals surface area contributed by atoms with E-state index < -0.39 is 12.2 Å². The number of ether oxygens (including phenoxy) is 2. The number of carbonyl (C=O) groups excluding carboxylic acids is 1. The Morgan fingerprint density at radius 3 is 2.46 bits per heavy atom. The van der Waals surface area contributed by atoms with Crippen LogP contribution in [-0.2, 0) is 16.0 Å². The summed E-state index contributed by atoms with van der Waals surface area (Å²) in [5, 5.41) is 13.4. The molecule has 2 aromatic rings. The van der Waals surface area contributed by atoms with E-state index in [0.717, 1.165) is 24.1 Å². The fraction of sp³-hybridized carbons (Fsp3) is 0.381. The maximum atomic E-state index is 11.6. The first-order valence-corrected chi connectivity index (χ1v) is 8.96. The van der Waals surface area contributed by atoms with E-state index in [1.165, 1.54) is 0 Å². The number of carbonyl (C=O) groups is 1. The molecule has 0 radical (unpaired) electrons. The summed E-state index contributed by atoms with van der Waals surface area (Å²) < 4.78 is 10.5. The maximum absolute atomic E-state index is 11.6. The third kappa shape index (κ3) is 6.50. The van der Waals surface area contributed by atoms with Gasteiger partial charge < -0.3 is 19.9 Å². The molecule has 5 heteroatoms. The number of aliphatic hydroxyl groups is 1. The van der Waals surface area contributed by atoms with Gasteiger partial charge >= 0.3 is 5.97 Å². The molecule has 0 aliphatic rings. The molecule has 0 bridgehead atoms. The largest absolute Gasteiger partial charge is 0.479 e. The molecule has 0 saturated carbocycles. The van der Waals surface area contributed by atoms with Gasteiger partial charge in [0.25, 0.3) is 0 Å². The predicted octanol–water partition coefficient (Wildman–Crippen LogP) is 2.88. The lowest BCUT2D eigenvalue weighted by molar-refractivity contribution is -0.150. The number of hydrogen-bond acceptors (Lipinski definition) is 5. The molecule has 26 heavy (non-hydrogen) atoms. The van der Waals surface area contributed by atoms with Gasteiger partial charge in [0.15, 0.2) is 6.10 Å². The Labute approximate surface area is 155 Å². The molecule has 2 aromatic carbocycles. The molecule has 5 nitrogen and oxygen atoms in total. The van der Waals surface area contributed by atoms with Crippen LogP contribution in [0.4, 0.5) is 0 Å². The summed E-state index contributed by atoms with van der Waals surface area (Å²) in [6, 6.07) is 17.3. The molecule has 2 atom stereocenters. The molecular weight excluding hydrogens is 330 g/mol. The minimum absolute atomic E-state index is 0.345. The lowest BCUT2D eigenvalue weighted by Gasteiger charge is -2.14. The van der Waals surface area contributed by atoms with Crippen molar-refractivity contribution in [3.63, 3.8) is 0 Å². The Hall–Kier alpha value is -2.37. The van der Waals surface area contributed by atoms with Crippen LogP contribution in [0.1, 0.15) is 31.1 Å². The fourth-order valence-corrected chi connectivity index (χ4v) is 2.51. The molecule has 140 valence electrons. The third-order valence-electron chi connectivity index (χ3n) is 3.97. The van der Waals surface area contributed by atoms with E-state index in [2.05, 4.69) is 5.32 Å². The van der Waals surface area contributed by atoms with Gasteiger partial charge in [-0.15, -0.1) is 0 Å². The van der Waals surface area contributed by atoms with Crippen molar-refractivity contribution in [2.75, 3.05) is 19.7 Å². The van der Waals surface area contributed by atoms with E-state index in [1.54, 1.807) is 13.8 Å². The minimum Gasteiger partial charge on any atom is -0.479 e. The summed E-state index contributed by atoms with van der Waals surface area (Å²) in [4.78, 5) is 11.6. The van der Waals surface area contributed by atoms with Gasteiger partial charge in [0, 0.05) is 6.54 Å². The maximum Gasteiger partial charge on any atom is 0.347 e. The van der Waals surface area contributed by atoms with E-state index >= 15 is 0 Å². The summed E-state index contributed by atoms with van der Waals surface area (Å²) in [6.07, 6.45) is -0.284. The van der Waals surface area contributed by atoms with Crippen LogP contribution in [0.25, 0.3) is 0 Å². The molecule has 0 fully saturated rings. The highest BCUT2D eigenvalue weighted by Gasteiger charge is 2.15. The average molecular weight is 357 g/mol. The smallest absolute Gasteiger partial charge is 0.347 e. The van der Waals surface area contributed by atoms with Crippen molar-refractivity contribution in [1.82, 2.24) is 5.32 Å². The van der Waals surface area contributed by atoms with E-state index in [4.69, 9.17) is 9.47 Å². The predicted molar refractivity (Wildman–Crippen MR) is 101 cm³/mol. The molecule has 0 aliphatic heterocycles. The Balaban J connectivity index is 1.71. The van der Waals surface area contributed by atoms with E-state index in [0.29, 0.717) is 18.9 Å². The van der Waals surface area contributed by atoms with E-state index in [-0.39, 0.29) is 5.97 Å². The Bertz CT molecular complexity index is 657. The van der Waals surface area contributed by atoms with Gasteiger partial charge in [-0.05, 0) is 50.1 Å². The highest BCUT2D eigenvalue weighted by Crippen LogP contribution is 2.15. The number of rotatable bonds is 10. The Morgan fingerprint density at radius 2 is 1.81 bits per heavy atom. The Morgan fingerprint density at radius 1 is 1.12 bits per heavy atom. The van der Waals surface area contributed by atoms with Gasteiger partial charge in [-0.25, -0.2) is 4.79 Å². The molecule has 2 rings (SSSR count). The summed E-state index contributed by atoms with van der Waals surface area (Å²) >= 11 is 0. The number of nitrogens with one attached hydrogen (secondary N) is 1. The van der Waals surface area contributed by atoms with Gasteiger partial charge in [-0.1, -0.05) is 42.5 Å². The second-order valence-corrected chi connectivity index (χ2v) is 6.04. The first-order chi connectivity index (χ1) is 12.6. The lowest BCUT2D eigenvalue weighted by atomic mass is 10.1. The highest BCUT2D eigenvalue weighted by atomic mass is 16.6. The molecule has 0 aliphatic carbocycles. The standard InChI is InChI=1S/C21H27NO4/c1-3-25-21(24)16(2)26-19-11-9-17(10-12-19)13-14-22-15-20(23)18-7-5-4-6-8-18/h4-12,16,20,22-23H,3,13-15H2,1-2H3/t16-,20-/m1/s1. The average Bonchev–Trinajstić information content (AvgIpc) is 2.67. The number of hydrogen-bond donors (Lipinski definition) is 2. The molecule has 2 N–H and O–H groups in total. The van der Waals surface area contributed by atoms with Crippen LogP contribution in [0.15, 0.2) is 54.6 Å². The van der Waals surface area contributed by atoms with E-state index in [1.807, 2.05) is 54.6 Å². The third-order valence-corrected chi connectivity index (χ3v) is 3.97. The molecule has 0 amide bonds. The monoisotopic (exact) mass is 357 g/mol. The van der Waals surface area contributed by atoms with Gasteiger partial charge in [-0.3, -0.25) is 0 Å². The second-order valence-electron chi connectivity index (χ2n) is 6.04. The van der Waals surface area contributed by atoms with Crippen molar-refractivity contribution in [1.29, 1.82) is 0 Å². The first-order valence-electron chi connectivity index (χ1n) is 8.96. The summed E-state index contributed by atoms with van der Waals surface area (Å²) in [7, 11) is 0. The quantitative estimate of drug-likeness (QED) is 0.505. The summed E-state index contributed by atoms with van der Waals surface area (Å²) in [6.45, 7) is 5.07. The first kappa shape index (κ1) is 19.9. The topological polar surface area (TPSA) is 67.8 Å². The van der Waals surface area contributed by atoms with Gasteiger partial charge in [0.05, 0.1) is 12.7 Å². The van der Waals surface area contributed by atoms with Crippen molar-refractivity contribution >= 4 is 5.97 Å². The normalized spacial score (nSPS) is 13.0. The second kappa shape index (κ2) is 10.6. The number of esters is 1. The highest BCUT2D eigenvalue weighted by molar-refractivity contribution is 5.74. The number of benzene rings is 2. The molecule has 0 heterocycles. The van der Waals surface area contributed by atoms with Crippen LogP contribution in [0, 0.1) is 0 Å². The number of aliphatic hydroxyl groups excluding tert-OH is 1. The molecule has 0 unspecified atom stereocenters. The van der Waals surface area contributed by atoms with Gasteiger partial charge in [-0.2, -0.15) is 0 Å². The van der Waals surface area contributed by atoms with Crippen molar-refractivity contribution in [3.05, 3.63) is 65.7 Å². The van der Waals surface area contributed by atoms with Crippen LogP contribution < -0.4 is 10.1 Å². The van der Waals surface area contributed by atoms with Crippen LogP contribution in [0.2, 0.25) is 0 Å². The van der Waals surface area contributed by atoms with Crippen LogP contribution in [-0.4, -0.2) is 36.9 Å². The van der Waals surface area contributed by atoms with Crippen molar-refractivity contribution in [2.24, 2.45) is 0 Å². The van der Waals surface area contributed by atoms with Crippen molar-refractivity contribution in [2.45, 2.75) is 32.5 Å². The molecule has 0 aromatic heterocycles. The SMILES string of the molecule is CCOC(=O)[C@@H](C)Oc1ccc(CCNC[C@@H](O)c2ccccc2)cc1. The zero-order valence-electron chi connectivity index (χ0n) is 15.4. The Kier molecular flexibility index (Phi) is 8.12. The van der Waals surface area contributed by atoms with Gasteiger partial charge in [0.2, 0.25) is 0 Å². The van der Waals surface area contributed by atoms with Crippen LogP contribution >= 0.6 is 0 Å². The van der Waals surface area contributed by atoms with Crippen LogP contribution in [0.5, 0.6) is 5.75 Å². The van der Waals surface area contributed by atoms with Crippen molar-refractivity contribution in [3.8, 4) is 5.75 Å². The molecule has 0 spiro atoms. The minimum atomic E-state index is -0.623. The molecule has 0 saturated heterocycles. The zero-order valence-corrected chi connectivity index (χ0v) is 15.4. The summed E-state index contributed by atoms with van der Waals surface area (Å²) in [5.74, 6) is 0.277. The van der Waals surface area contributed by atoms with E-state index in [9.17, 15) is 9.90 Å². The molecular formula is C21H27NO4. The van der Waals surface area contributed by atoms with Crippen molar-refractivity contribution < 1.29 is 19.4 Å². The van der Waals surface area contributed by atoms with Crippen LogP contribution in [0.3, 0.4) is 0 Å². The lowest BCUT2D eigenvalue weighted by Crippen LogP contribution is -2.26. The summed E-state index contributed by atoms with van der Waals surface area (Å²) in [5.41, 5.74) is 2.07. The zero-order chi connectivity index (χ0) is 18.8.